The highest BCUT2D eigenvalue weighted by molar-refractivity contribution is 7.89. The van der Waals surface area contributed by atoms with E-state index in [0.29, 0.717) is 32.9 Å². The fraction of sp³-hybridized carbons (Fsp3) is 0.343. The molecule has 0 aliphatic heterocycles. The Morgan fingerprint density at radius 1 is 1.06 bits per heavy atom. The minimum atomic E-state index is -4.02. The minimum Gasteiger partial charge on any atom is -0.382 e. The number of H-pyrrole nitrogens is 1. The number of nitrogens with one attached hydrogen (secondary N) is 2. The van der Waals surface area contributed by atoms with Gasteiger partial charge >= 0.3 is 0 Å². The van der Waals surface area contributed by atoms with Crippen LogP contribution >= 0.6 is 0 Å². The number of rotatable bonds is 11. The van der Waals surface area contributed by atoms with E-state index in [0.717, 1.165) is 25.3 Å². The predicted molar refractivity (Wildman–Crippen MR) is 178 cm³/mol. The number of halogens is 6. The van der Waals surface area contributed by atoms with Gasteiger partial charge in [-0.3, -0.25) is 9.48 Å². The molecule has 1 saturated carbocycles. The predicted octanol–water partition coefficient (Wildman–Crippen LogP) is 6.64. The molecule has 2 aliphatic rings. The third kappa shape index (κ3) is 7.43. The molecule has 10 nitrogen and oxygen atoms in total. The van der Waals surface area contributed by atoms with E-state index >= 15 is 8.78 Å². The largest absolute Gasteiger partial charge is 0.382 e. The summed E-state index contributed by atoms with van der Waals surface area (Å²) in [6, 6.07) is 10.4. The van der Waals surface area contributed by atoms with Crippen molar-refractivity contribution in [3.63, 3.8) is 0 Å². The van der Waals surface area contributed by atoms with Crippen molar-refractivity contribution in [2.75, 3.05) is 13.2 Å². The molecule has 1 amide bonds. The molecule has 0 bridgehead atoms. The Bertz CT molecular complexity index is 2200. The van der Waals surface area contributed by atoms with Crippen LogP contribution < -0.4 is 10.5 Å². The summed E-state index contributed by atoms with van der Waals surface area (Å²) in [6.45, 7) is 4.82. The number of alkyl halides is 4. The third-order valence-electron chi connectivity index (χ3n) is 8.95. The maximum atomic E-state index is 15.1. The summed E-state index contributed by atoms with van der Waals surface area (Å²) in [5, 5.41) is 11.6. The number of fused-ring (bicyclic) bond motifs is 4. The number of aromatic nitrogens is 4. The molecule has 3 atom stereocenters. The van der Waals surface area contributed by atoms with Crippen molar-refractivity contribution >= 4 is 27.0 Å². The Morgan fingerprint density at radius 2 is 1.73 bits per heavy atom. The second-order valence-electron chi connectivity index (χ2n) is 12.5. The number of hydrogen-bond donors (Lipinski definition) is 3. The molecule has 2 aliphatic carbocycles. The SMILES string of the molecule is CCOCC.NS(=O)(=O)c1ccc(-c2cc3[nH]ccc3nc2[C@H](Cc2cc(F)cc(F)c2)NC(=O)Cn2nc(C(F)F)c3c2C(F)(F)[C@@H]2C[C@H]32)cc1. The summed E-state index contributed by atoms with van der Waals surface area (Å²) in [5.74, 6) is -8.00. The molecule has 276 valence electrons. The molecular formula is C35H34F6N6O4S. The van der Waals surface area contributed by atoms with E-state index in [1.54, 1.807) is 18.3 Å². The van der Waals surface area contributed by atoms with Crippen LogP contribution in [0.15, 0.2) is 65.7 Å². The average molecular weight is 749 g/mol. The maximum Gasteiger partial charge on any atom is 0.293 e. The van der Waals surface area contributed by atoms with Gasteiger partial charge in [0.15, 0.2) is 0 Å². The number of ether oxygens (including phenoxy) is 1. The molecule has 0 saturated heterocycles. The number of benzene rings is 2. The zero-order valence-electron chi connectivity index (χ0n) is 27.8. The molecule has 17 heteroatoms. The van der Waals surface area contributed by atoms with Crippen LogP contribution in [0.5, 0.6) is 0 Å². The number of nitrogens with two attached hydrogens (primary N) is 1. The van der Waals surface area contributed by atoms with Gasteiger partial charge < -0.3 is 15.0 Å². The van der Waals surface area contributed by atoms with E-state index in [2.05, 4.69) is 15.4 Å². The Hall–Kier alpha value is -4.74. The van der Waals surface area contributed by atoms with Crippen molar-refractivity contribution in [2.24, 2.45) is 11.1 Å². The molecule has 0 spiro atoms. The van der Waals surface area contributed by atoms with E-state index in [-0.39, 0.29) is 34.6 Å². The van der Waals surface area contributed by atoms with Gasteiger partial charge in [-0.15, -0.1) is 0 Å². The molecule has 1 fully saturated rings. The molecule has 3 heterocycles. The number of carbonyl (C=O) groups excluding carboxylic acids is 1. The van der Waals surface area contributed by atoms with Crippen molar-refractivity contribution in [1.82, 2.24) is 25.1 Å². The van der Waals surface area contributed by atoms with E-state index in [4.69, 9.17) is 14.9 Å². The van der Waals surface area contributed by atoms with E-state index in [9.17, 15) is 30.8 Å². The lowest BCUT2D eigenvalue weighted by Gasteiger charge is -2.23. The first-order valence-electron chi connectivity index (χ1n) is 16.3. The van der Waals surface area contributed by atoms with Crippen LogP contribution in [0.25, 0.3) is 22.2 Å². The molecule has 5 aromatic rings. The summed E-state index contributed by atoms with van der Waals surface area (Å²) in [7, 11) is -4.02. The van der Waals surface area contributed by atoms with Gasteiger partial charge in [-0.25, -0.2) is 36.1 Å². The van der Waals surface area contributed by atoms with Gasteiger partial charge in [0.05, 0.1) is 27.7 Å². The molecule has 0 unspecified atom stereocenters. The number of hydrogen-bond acceptors (Lipinski definition) is 6. The first-order chi connectivity index (χ1) is 24.6. The smallest absolute Gasteiger partial charge is 0.293 e. The lowest BCUT2D eigenvalue weighted by molar-refractivity contribution is -0.123. The summed E-state index contributed by atoms with van der Waals surface area (Å²) in [5.41, 5.74) is 0.411. The minimum absolute atomic E-state index is 0.0537. The fourth-order valence-corrected chi connectivity index (χ4v) is 7.17. The van der Waals surface area contributed by atoms with Gasteiger partial charge in [0.25, 0.3) is 12.3 Å². The van der Waals surface area contributed by atoms with Gasteiger partial charge in [-0.2, -0.15) is 13.9 Å². The van der Waals surface area contributed by atoms with Crippen LogP contribution in [0.2, 0.25) is 0 Å². The van der Waals surface area contributed by atoms with Crippen LogP contribution in [0.1, 0.15) is 66.9 Å². The second kappa shape index (κ2) is 14.4. The summed E-state index contributed by atoms with van der Waals surface area (Å²) in [6.07, 6.45) is -1.70. The van der Waals surface area contributed by atoms with Gasteiger partial charge in [0, 0.05) is 42.5 Å². The molecule has 7 rings (SSSR count). The number of primary sulfonamides is 1. The Morgan fingerprint density at radius 3 is 2.33 bits per heavy atom. The number of carbonyl (C=O) groups is 1. The van der Waals surface area contributed by atoms with Crippen LogP contribution in [-0.2, 0) is 38.4 Å². The van der Waals surface area contributed by atoms with Crippen LogP contribution in [0.3, 0.4) is 0 Å². The lowest BCUT2D eigenvalue weighted by Crippen LogP contribution is -2.35. The van der Waals surface area contributed by atoms with Crippen LogP contribution in [0.4, 0.5) is 26.3 Å². The van der Waals surface area contributed by atoms with E-state index in [1.807, 2.05) is 13.8 Å². The first-order valence-corrected chi connectivity index (χ1v) is 17.9. The third-order valence-corrected chi connectivity index (χ3v) is 9.88. The zero-order valence-corrected chi connectivity index (χ0v) is 28.7. The summed E-state index contributed by atoms with van der Waals surface area (Å²) >= 11 is 0. The monoisotopic (exact) mass is 748 g/mol. The topological polar surface area (TPSA) is 145 Å². The van der Waals surface area contributed by atoms with Crippen molar-refractivity contribution < 1.29 is 44.3 Å². The standard InChI is InChI=1S/C31H24F6N6O3S.C4H10O/c32-16-7-14(8-17(33)10-16)9-24(40-25(44)13-43-29-26(28(42-43)30(34)35)20-11-21(20)31(29,36)37)27-19(12-23-22(41-27)5-6-39-23)15-1-3-18(4-2-15)47(38,45)46;1-3-5-4-2/h1-8,10,12,20-21,24,30,39H,9,11,13H2,(H,40,44)(H2,38,45,46);3-4H2,1-2H3/t20-,21+,24-;/m0./s1. The highest BCUT2D eigenvalue weighted by atomic mass is 32.2. The van der Waals surface area contributed by atoms with E-state index < -0.39 is 75.7 Å². The normalized spacial score (nSPS) is 17.7. The van der Waals surface area contributed by atoms with Crippen molar-refractivity contribution in [2.45, 2.75) is 62.4 Å². The Labute approximate surface area is 294 Å². The Kier molecular flexibility index (Phi) is 10.2. The maximum absolute atomic E-state index is 15.1. The molecule has 3 aromatic heterocycles. The quantitative estimate of drug-likeness (QED) is 0.129. The molecule has 2 aromatic carbocycles. The number of aromatic amines is 1. The Balaban J connectivity index is 0.000000870. The summed E-state index contributed by atoms with van der Waals surface area (Å²) < 4.78 is 116. The average Bonchev–Trinajstić information content (AvgIpc) is 3.48. The van der Waals surface area contributed by atoms with Crippen molar-refractivity contribution in [3.8, 4) is 11.1 Å². The number of amides is 1. The van der Waals surface area contributed by atoms with Gasteiger partial charge in [0.2, 0.25) is 15.9 Å². The lowest BCUT2D eigenvalue weighted by atomic mass is 9.95. The first kappa shape index (κ1) is 37.0. The van der Waals surface area contributed by atoms with Gasteiger partial charge in [0.1, 0.15) is 29.6 Å². The highest BCUT2D eigenvalue weighted by Gasteiger charge is 2.67. The van der Waals surface area contributed by atoms with Crippen molar-refractivity contribution in [1.29, 1.82) is 0 Å². The van der Waals surface area contributed by atoms with Gasteiger partial charge in [-0.1, -0.05) is 12.1 Å². The van der Waals surface area contributed by atoms with Crippen LogP contribution in [-0.4, -0.2) is 47.3 Å². The zero-order chi connectivity index (χ0) is 37.5. The molecule has 4 N–H and O–H groups in total. The number of sulfonamides is 1. The molecular weight excluding hydrogens is 714 g/mol. The molecule has 0 radical (unpaired) electrons. The fourth-order valence-electron chi connectivity index (χ4n) is 6.65. The number of nitrogens with zero attached hydrogens (tertiary/aromatic N) is 3. The van der Waals surface area contributed by atoms with Crippen LogP contribution in [0, 0.1) is 17.6 Å². The van der Waals surface area contributed by atoms with Gasteiger partial charge in [-0.05, 0) is 80.1 Å². The summed E-state index contributed by atoms with van der Waals surface area (Å²) in [4.78, 5) is 21.1. The highest BCUT2D eigenvalue weighted by Crippen LogP contribution is 2.68. The second-order valence-corrected chi connectivity index (χ2v) is 14.0. The molecule has 52 heavy (non-hydrogen) atoms. The number of pyridine rings is 1. The van der Waals surface area contributed by atoms with E-state index in [1.165, 1.54) is 24.3 Å². The van der Waals surface area contributed by atoms with Crippen molar-refractivity contribution in [3.05, 3.63) is 101 Å².